The summed E-state index contributed by atoms with van der Waals surface area (Å²) in [5.41, 5.74) is 8.67. The van der Waals surface area contributed by atoms with E-state index in [2.05, 4.69) is 132 Å². The van der Waals surface area contributed by atoms with Gasteiger partial charge in [-0.1, -0.05) is 145 Å². The largest absolute Gasteiger partial charge is 0.512 e. The molecule has 0 fully saturated rings. The Morgan fingerprint density at radius 2 is 1.39 bits per heavy atom. The number of thiophene rings is 1. The molecule has 0 atom stereocenters. The average molecular weight is 959 g/mol. The third-order valence-electron chi connectivity index (χ3n) is 11.1. The first-order chi connectivity index (χ1) is 26.1. The smallest absolute Gasteiger partial charge is 0.162 e. The molecule has 0 saturated heterocycles. The molecule has 0 unspecified atom stereocenters. The molecule has 6 aromatic rings. The summed E-state index contributed by atoms with van der Waals surface area (Å²) in [5.74, 6) is 0.547. The molecule has 6 heteroatoms. The first kappa shape index (κ1) is 45.0. The van der Waals surface area contributed by atoms with Gasteiger partial charge in [0.2, 0.25) is 0 Å². The molecule has 0 amide bonds. The molecule has 4 aromatic carbocycles. The van der Waals surface area contributed by atoms with Gasteiger partial charge in [-0.2, -0.15) is 0 Å². The molecule has 0 aliphatic heterocycles. The van der Waals surface area contributed by atoms with Crippen LogP contribution in [0.4, 0.5) is 0 Å². The molecule has 1 N–H and O–H groups in total. The van der Waals surface area contributed by atoms with Crippen molar-refractivity contribution in [1.82, 2.24) is 4.98 Å². The third kappa shape index (κ3) is 10.2. The Bertz CT molecular complexity index is 2270. The van der Waals surface area contributed by atoms with E-state index >= 15 is 0 Å². The van der Waals surface area contributed by atoms with Gasteiger partial charge in [0.05, 0.1) is 13.8 Å². The second-order valence-electron chi connectivity index (χ2n) is 16.9. The van der Waals surface area contributed by atoms with Gasteiger partial charge >= 0.3 is 0 Å². The number of aliphatic hydroxyl groups is 1. The third-order valence-corrected chi connectivity index (χ3v) is 14.5. The van der Waals surface area contributed by atoms with Crippen molar-refractivity contribution < 1.29 is 30.0 Å². The van der Waals surface area contributed by atoms with E-state index in [1.165, 1.54) is 64.8 Å². The molecule has 1 radical (unpaired) electrons. The van der Waals surface area contributed by atoms with E-state index in [1.807, 2.05) is 51.3 Å². The number of carbonyl (C=O) groups excluding carboxylic acids is 1. The van der Waals surface area contributed by atoms with Crippen molar-refractivity contribution in [2.45, 2.75) is 106 Å². The Morgan fingerprint density at radius 1 is 0.804 bits per heavy atom. The van der Waals surface area contributed by atoms with Gasteiger partial charge in [0.25, 0.3) is 0 Å². The normalized spacial score (nSPS) is 12.2. The van der Waals surface area contributed by atoms with Crippen LogP contribution in [0.5, 0.6) is 0 Å². The minimum absolute atomic E-state index is 0. The molecular formula is C50H60IrNO2SSi-. The zero-order valence-corrected chi connectivity index (χ0v) is 39.5. The van der Waals surface area contributed by atoms with Crippen molar-refractivity contribution in [1.29, 1.82) is 0 Å². The maximum Gasteiger partial charge on any atom is 0.162 e. The van der Waals surface area contributed by atoms with Gasteiger partial charge in [-0.3, -0.25) is 4.79 Å². The first-order valence-corrected chi connectivity index (χ1v) is 24.4. The monoisotopic (exact) mass is 959 g/mol. The Kier molecular flexibility index (Phi) is 15.4. The summed E-state index contributed by atoms with van der Waals surface area (Å²) in [6, 6.07) is 35.0. The van der Waals surface area contributed by atoms with Crippen LogP contribution in [0.1, 0.15) is 85.3 Å². The number of pyridine rings is 1. The fourth-order valence-electron chi connectivity index (χ4n) is 7.26. The summed E-state index contributed by atoms with van der Waals surface area (Å²) in [6.07, 6.45) is 6.86. The second kappa shape index (κ2) is 19.2. The van der Waals surface area contributed by atoms with E-state index in [0.29, 0.717) is 0 Å². The van der Waals surface area contributed by atoms with E-state index in [0.717, 1.165) is 36.9 Å². The molecule has 6 rings (SSSR count). The van der Waals surface area contributed by atoms with Crippen molar-refractivity contribution in [2.24, 2.45) is 11.8 Å². The molecule has 2 heterocycles. The Hall–Kier alpha value is -3.67. The molecule has 0 bridgehead atoms. The number of aliphatic hydroxyl groups excluding tert-OH is 1. The number of aryl methyl sites for hydroxylation is 1. The predicted octanol–water partition coefficient (Wildman–Crippen LogP) is 14.3. The SMILES string of the molecule is CCC(CC)C(=O)/C=C(\O)C(CC)CC.Cc1c(-c2ccc(C(C)(C)C)cc2)sc2c(-c3[c-]ccc4cc(-c5ccc([Si](C)(C)C)cc5)ccc34)nccc12.[Ir]. The molecular weight excluding hydrogens is 899 g/mol. The van der Waals surface area contributed by atoms with Crippen LogP contribution >= 0.6 is 11.3 Å². The van der Waals surface area contributed by atoms with Crippen molar-refractivity contribution in [2.75, 3.05) is 0 Å². The molecule has 3 nitrogen and oxygen atoms in total. The summed E-state index contributed by atoms with van der Waals surface area (Å²) in [4.78, 5) is 17.9. The number of carbonyl (C=O) groups is 1. The van der Waals surface area contributed by atoms with Crippen LogP contribution < -0.4 is 5.19 Å². The van der Waals surface area contributed by atoms with E-state index in [1.54, 1.807) is 0 Å². The summed E-state index contributed by atoms with van der Waals surface area (Å²) < 4.78 is 1.23. The van der Waals surface area contributed by atoms with Crippen molar-refractivity contribution in [3.8, 4) is 32.8 Å². The minimum Gasteiger partial charge on any atom is -0.512 e. The molecule has 0 saturated carbocycles. The Morgan fingerprint density at radius 3 is 1.96 bits per heavy atom. The maximum absolute atomic E-state index is 11.7. The van der Waals surface area contributed by atoms with Gasteiger partial charge in [0.1, 0.15) is 0 Å². The van der Waals surface area contributed by atoms with Crippen molar-refractivity contribution in [3.05, 3.63) is 120 Å². The predicted molar refractivity (Wildman–Crippen MR) is 243 cm³/mol. The summed E-state index contributed by atoms with van der Waals surface area (Å²) in [7, 11) is -1.31. The van der Waals surface area contributed by atoms with Crippen LogP contribution in [-0.4, -0.2) is 23.9 Å². The molecule has 0 aliphatic rings. The van der Waals surface area contributed by atoms with Crippen LogP contribution in [0, 0.1) is 24.8 Å². The van der Waals surface area contributed by atoms with Crippen molar-refractivity contribution >= 4 is 51.2 Å². The number of hydrogen-bond donors (Lipinski definition) is 1. The van der Waals surface area contributed by atoms with Gasteiger partial charge < -0.3 is 10.1 Å². The summed E-state index contributed by atoms with van der Waals surface area (Å²) in [5, 5.41) is 14.9. The standard InChI is InChI=1S/C37H36NSSi.C13H24O2.Ir/c1-24-31-21-22-38-34(36(31)39-35(24)26-11-16-29(17-12-26)37(2,3)4)33-10-8-9-28-23-27(15-20-32(28)33)25-13-18-30(19-14-25)40(5,6)7;1-5-10(6-2)12(14)9-13(15)11(7-3)8-4;/h8-9,11-23H,1-7H3;9-11,14H,5-8H2,1-4H3;/q-1;;/b;12-9-;. The Labute approximate surface area is 355 Å². The molecule has 56 heavy (non-hydrogen) atoms. The van der Waals surface area contributed by atoms with Crippen LogP contribution in [0.15, 0.2) is 103 Å². The number of fused-ring (bicyclic) bond motifs is 2. The molecule has 0 spiro atoms. The van der Waals surface area contributed by atoms with Crippen LogP contribution in [0.25, 0.3) is 53.7 Å². The molecule has 2 aromatic heterocycles. The number of rotatable bonds is 11. The quantitative estimate of drug-likeness (QED) is 0.0609. The minimum atomic E-state index is -1.31. The number of benzene rings is 4. The van der Waals surface area contributed by atoms with Gasteiger partial charge in [-0.25, -0.2) is 0 Å². The fraction of sp³-hybridized carbons (Fsp3) is 0.360. The van der Waals surface area contributed by atoms with Crippen molar-refractivity contribution in [3.63, 3.8) is 0 Å². The maximum atomic E-state index is 11.7. The van der Waals surface area contributed by atoms with Gasteiger partial charge in [0, 0.05) is 59.5 Å². The number of aromatic nitrogens is 1. The fourth-order valence-corrected chi connectivity index (χ4v) is 9.73. The van der Waals surface area contributed by atoms with Crippen LogP contribution in [0.2, 0.25) is 19.6 Å². The molecule has 297 valence electrons. The van der Waals surface area contributed by atoms with Gasteiger partial charge in [-0.15, -0.1) is 40.5 Å². The molecule has 0 aliphatic carbocycles. The van der Waals surface area contributed by atoms with Crippen LogP contribution in [-0.2, 0) is 30.3 Å². The van der Waals surface area contributed by atoms with Gasteiger partial charge in [-0.05, 0) is 77.3 Å². The second-order valence-corrected chi connectivity index (χ2v) is 23.0. The number of allylic oxidation sites excluding steroid dienone is 2. The van der Waals surface area contributed by atoms with Crippen LogP contribution in [0.3, 0.4) is 0 Å². The van der Waals surface area contributed by atoms with E-state index in [-0.39, 0.29) is 48.9 Å². The summed E-state index contributed by atoms with van der Waals surface area (Å²) >= 11 is 1.84. The van der Waals surface area contributed by atoms with E-state index < -0.39 is 8.07 Å². The number of ketones is 1. The topological polar surface area (TPSA) is 50.2 Å². The first-order valence-electron chi connectivity index (χ1n) is 20.1. The van der Waals surface area contributed by atoms with Gasteiger partial charge in [0.15, 0.2) is 5.78 Å². The number of nitrogens with zero attached hydrogens (tertiary/aromatic N) is 1. The summed E-state index contributed by atoms with van der Waals surface area (Å²) in [6.45, 7) is 24.3. The zero-order valence-electron chi connectivity index (χ0n) is 35.3. The van der Waals surface area contributed by atoms with E-state index in [9.17, 15) is 9.90 Å². The number of hydrogen-bond acceptors (Lipinski definition) is 4. The average Bonchev–Trinajstić information content (AvgIpc) is 3.51. The van der Waals surface area contributed by atoms with E-state index in [4.69, 9.17) is 4.98 Å². The Balaban J connectivity index is 0.000000372. The zero-order chi connectivity index (χ0) is 40.1.